The molecule has 62 valence electrons. The summed E-state index contributed by atoms with van der Waals surface area (Å²) < 4.78 is 0. The van der Waals surface area contributed by atoms with Crippen LogP contribution in [0.25, 0.3) is 0 Å². The molecule has 0 amide bonds. The third kappa shape index (κ3) is 10.9. The van der Waals surface area contributed by atoms with Crippen LogP contribution in [0.2, 0.25) is 0 Å². The zero-order valence-electron chi connectivity index (χ0n) is 6.94. The van der Waals surface area contributed by atoms with E-state index < -0.39 is 0 Å². The summed E-state index contributed by atoms with van der Waals surface area (Å²) in [6, 6.07) is 0. The standard InChI is InChI=1S/C8H17N.ClH/c1-4-6-9-7-5-8(2)3;/h9H,2,4-7H2,1,3H3;1H. The summed E-state index contributed by atoms with van der Waals surface area (Å²) in [7, 11) is 0. The highest BCUT2D eigenvalue weighted by Gasteiger charge is 1.84. The molecule has 0 bridgehead atoms. The van der Waals surface area contributed by atoms with Gasteiger partial charge in [-0.2, -0.15) is 0 Å². The lowest BCUT2D eigenvalue weighted by Gasteiger charge is -2.00. The van der Waals surface area contributed by atoms with E-state index in [1.807, 2.05) is 0 Å². The van der Waals surface area contributed by atoms with E-state index in [1.165, 1.54) is 12.0 Å². The summed E-state index contributed by atoms with van der Waals surface area (Å²) in [6.07, 6.45) is 2.33. The molecular weight excluding hydrogens is 146 g/mol. The summed E-state index contributed by atoms with van der Waals surface area (Å²) in [5.41, 5.74) is 1.26. The number of halogens is 1. The normalized spacial score (nSPS) is 8.60. The minimum atomic E-state index is 0. The molecule has 0 aliphatic rings. The molecule has 0 aliphatic carbocycles. The van der Waals surface area contributed by atoms with Crippen LogP contribution in [0.3, 0.4) is 0 Å². The van der Waals surface area contributed by atoms with Crippen LogP contribution in [0, 0.1) is 0 Å². The molecule has 0 unspecified atom stereocenters. The van der Waals surface area contributed by atoms with Crippen molar-refractivity contribution < 1.29 is 0 Å². The predicted octanol–water partition coefficient (Wildman–Crippen LogP) is 2.37. The first kappa shape index (κ1) is 12.6. The first-order chi connectivity index (χ1) is 4.27. The van der Waals surface area contributed by atoms with Gasteiger partial charge in [0.2, 0.25) is 0 Å². The molecule has 10 heavy (non-hydrogen) atoms. The van der Waals surface area contributed by atoms with E-state index in [-0.39, 0.29) is 12.4 Å². The maximum absolute atomic E-state index is 3.81. The molecule has 0 fully saturated rings. The fourth-order valence-corrected chi connectivity index (χ4v) is 0.604. The minimum Gasteiger partial charge on any atom is -0.316 e. The Morgan fingerprint density at radius 2 is 2.00 bits per heavy atom. The molecule has 1 N–H and O–H groups in total. The lowest BCUT2D eigenvalue weighted by atomic mass is 10.2. The molecule has 1 nitrogen and oxygen atoms in total. The molecule has 0 heterocycles. The van der Waals surface area contributed by atoms with Crippen LogP contribution >= 0.6 is 12.4 Å². The second-order valence-electron chi connectivity index (χ2n) is 2.46. The molecule has 0 aromatic carbocycles. The smallest absolute Gasteiger partial charge is 0.00118 e. The summed E-state index contributed by atoms with van der Waals surface area (Å²) in [5, 5.41) is 3.31. The Kier molecular flexibility index (Phi) is 11.4. The third-order valence-corrected chi connectivity index (χ3v) is 1.16. The molecule has 0 radical (unpaired) electrons. The molecule has 0 aromatic heterocycles. The highest BCUT2D eigenvalue weighted by molar-refractivity contribution is 5.85. The average molecular weight is 164 g/mol. The van der Waals surface area contributed by atoms with Gasteiger partial charge in [0, 0.05) is 0 Å². The summed E-state index contributed by atoms with van der Waals surface area (Å²) in [5.74, 6) is 0. The van der Waals surface area contributed by atoms with Crippen molar-refractivity contribution >= 4 is 12.4 Å². The van der Waals surface area contributed by atoms with Gasteiger partial charge in [0.1, 0.15) is 0 Å². The van der Waals surface area contributed by atoms with Crippen molar-refractivity contribution in [2.75, 3.05) is 13.1 Å². The minimum absolute atomic E-state index is 0. The third-order valence-electron chi connectivity index (χ3n) is 1.16. The molecule has 2 heteroatoms. The lowest BCUT2D eigenvalue weighted by Crippen LogP contribution is -2.15. The van der Waals surface area contributed by atoms with Gasteiger partial charge in [-0.15, -0.1) is 19.0 Å². The van der Waals surface area contributed by atoms with Crippen molar-refractivity contribution in [1.29, 1.82) is 0 Å². The Hall–Kier alpha value is -0.0100. The van der Waals surface area contributed by atoms with Crippen LogP contribution in [0.5, 0.6) is 0 Å². The molecule has 0 atom stereocenters. The fraction of sp³-hybridized carbons (Fsp3) is 0.750. The summed E-state index contributed by atoms with van der Waals surface area (Å²) in [4.78, 5) is 0. The van der Waals surface area contributed by atoms with E-state index in [9.17, 15) is 0 Å². The zero-order valence-corrected chi connectivity index (χ0v) is 7.76. The van der Waals surface area contributed by atoms with Crippen molar-refractivity contribution in [3.05, 3.63) is 12.2 Å². The van der Waals surface area contributed by atoms with E-state index in [2.05, 4.69) is 25.7 Å². The summed E-state index contributed by atoms with van der Waals surface area (Å²) >= 11 is 0. The van der Waals surface area contributed by atoms with Crippen LogP contribution in [-0.2, 0) is 0 Å². The van der Waals surface area contributed by atoms with Gasteiger partial charge in [0.05, 0.1) is 0 Å². The molecule has 0 rings (SSSR count). The number of rotatable bonds is 5. The van der Waals surface area contributed by atoms with Gasteiger partial charge in [-0.25, -0.2) is 0 Å². The average Bonchev–Trinajstić information content (AvgIpc) is 1.80. The molecule has 0 aliphatic heterocycles. The number of hydrogen-bond donors (Lipinski definition) is 1. The largest absolute Gasteiger partial charge is 0.316 e. The zero-order chi connectivity index (χ0) is 7.11. The molecule has 0 spiro atoms. The topological polar surface area (TPSA) is 12.0 Å². The Morgan fingerprint density at radius 3 is 2.40 bits per heavy atom. The fourth-order valence-electron chi connectivity index (χ4n) is 0.604. The molecular formula is C8H18ClN. The van der Waals surface area contributed by atoms with Gasteiger partial charge >= 0.3 is 0 Å². The van der Waals surface area contributed by atoms with Crippen LogP contribution in [-0.4, -0.2) is 13.1 Å². The van der Waals surface area contributed by atoms with Gasteiger partial charge in [-0.05, 0) is 32.9 Å². The lowest BCUT2D eigenvalue weighted by molar-refractivity contribution is 0.670. The van der Waals surface area contributed by atoms with Crippen molar-refractivity contribution in [2.45, 2.75) is 26.7 Å². The second kappa shape index (κ2) is 8.99. The van der Waals surface area contributed by atoms with Crippen molar-refractivity contribution in [1.82, 2.24) is 5.32 Å². The van der Waals surface area contributed by atoms with Gasteiger partial charge in [-0.3, -0.25) is 0 Å². The van der Waals surface area contributed by atoms with Gasteiger partial charge in [0.15, 0.2) is 0 Å². The van der Waals surface area contributed by atoms with Crippen LogP contribution < -0.4 is 5.32 Å². The Labute approximate surface area is 70.3 Å². The van der Waals surface area contributed by atoms with Crippen LogP contribution in [0.15, 0.2) is 12.2 Å². The molecule has 0 aromatic rings. The second-order valence-corrected chi connectivity index (χ2v) is 2.46. The quantitative estimate of drug-likeness (QED) is 0.485. The van der Waals surface area contributed by atoms with Gasteiger partial charge in [-0.1, -0.05) is 12.5 Å². The Balaban J connectivity index is 0. The first-order valence-corrected chi connectivity index (χ1v) is 3.62. The van der Waals surface area contributed by atoms with Crippen LogP contribution in [0.4, 0.5) is 0 Å². The van der Waals surface area contributed by atoms with Crippen molar-refractivity contribution in [3.63, 3.8) is 0 Å². The van der Waals surface area contributed by atoms with E-state index in [0.29, 0.717) is 0 Å². The van der Waals surface area contributed by atoms with Crippen molar-refractivity contribution in [3.8, 4) is 0 Å². The predicted molar refractivity (Wildman–Crippen MR) is 49.8 cm³/mol. The van der Waals surface area contributed by atoms with Crippen LogP contribution in [0.1, 0.15) is 26.7 Å². The monoisotopic (exact) mass is 163 g/mol. The van der Waals surface area contributed by atoms with E-state index in [4.69, 9.17) is 0 Å². The Morgan fingerprint density at radius 1 is 1.40 bits per heavy atom. The molecule has 0 saturated heterocycles. The van der Waals surface area contributed by atoms with E-state index >= 15 is 0 Å². The summed E-state index contributed by atoms with van der Waals surface area (Å²) in [6.45, 7) is 10.3. The SMILES string of the molecule is C=C(C)CCNCCC.Cl. The van der Waals surface area contributed by atoms with Crippen molar-refractivity contribution in [2.24, 2.45) is 0 Å². The molecule has 0 saturated carbocycles. The maximum Gasteiger partial charge on any atom is -0.00118 e. The van der Waals surface area contributed by atoms with Gasteiger partial charge < -0.3 is 5.32 Å². The highest BCUT2D eigenvalue weighted by atomic mass is 35.5. The highest BCUT2D eigenvalue weighted by Crippen LogP contribution is 1.91. The Bertz CT molecular complexity index is 81.3. The van der Waals surface area contributed by atoms with Gasteiger partial charge in [0.25, 0.3) is 0 Å². The maximum atomic E-state index is 3.81. The van der Waals surface area contributed by atoms with E-state index in [1.54, 1.807) is 0 Å². The number of nitrogens with one attached hydrogen (secondary N) is 1. The first-order valence-electron chi connectivity index (χ1n) is 3.62. The number of hydrogen-bond acceptors (Lipinski definition) is 1. The van der Waals surface area contributed by atoms with E-state index in [0.717, 1.165) is 19.5 Å².